The van der Waals surface area contributed by atoms with Crippen molar-refractivity contribution in [3.05, 3.63) is 88.9 Å². The number of hydrogen-bond donors (Lipinski definition) is 1. The van der Waals surface area contributed by atoms with Crippen LogP contribution in [0.1, 0.15) is 38.8 Å². The van der Waals surface area contributed by atoms with Gasteiger partial charge in [0.2, 0.25) is 21.8 Å². The van der Waals surface area contributed by atoms with Crippen LogP contribution in [0, 0.1) is 0 Å². The zero-order valence-electron chi connectivity index (χ0n) is 24.9. The van der Waals surface area contributed by atoms with Crippen molar-refractivity contribution in [3.63, 3.8) is 0 Å². The van der Waals surface area contributed by atoms with Crippen LogP contribution in [-0.4, -0.2) is 62.2 Å². The third-order valence-corrected chi connectivity index (χ3v) is 8.97. The Balaban J connectivity index is 1.77. The Labute approximate surface area is 258 Å². The molecule has 2 amide bonds. The van der Waals surface area contributed by atoms with Crippen LogP contribution in [0.3, 0.4) is 0 Å². The summed E-state index contributed by atoms with van der Waals surface area (Å²) in [5.41, 5.74) is 1.16. The lowest BCUT2D eigenvalue weighted by molar-refractivity contribution is -0.140. The molecule has 0 aliphatic carbocycles. The van der Waals surface area contributed by atoms with Crippen molar-refractivity contribution in [3.8, 4) is 11.5 Å². The number of amides is 2. The Morgan fingerprint density at radius 1 is 0.953 bits per heavy atom. The summed E-state index contributed by atoms with van der Waals surface area (Å²) in [6.45, 7) is 7.28. The Kier molecular flexibility index (Phi) is 10.2. The highest BCUT2D eigenvalue weighted by Crippen LogP contribution is 2.35. The van der Waals surface area contributed by atoms with Gasteiger partial charge in [0.1, 0.15) is 25.8 Å². The number of nitrogens with one attached hydrogen (secondary N) is 1. The normalized spacial score (nSPS) is 13.6. The maximum atomic E-state index is 14.3. The predicted octanol–water partition coefficient (Wildman–Crippen LogP) is 4.82. The van der Waals surface area contributed by atoms with E-state index >= 15 is 0 Å². The molecule has 0 saturated heterocycles. The van der Waals surface area contributed by atoms with E-state index in [1.807, 2.05) is 51.1 Å². The Bertz CT molecular complexity index is 1540. The molecule has 1 heterocycles. The Morgan fingerprint density at radius 3 is 2.26 bits per heavy atom. The summed E-state index contributed by atoms with van der Waals surface area (Å²) in [6.07, 6.45) is 0.212. The number of fused-ring (bicyclic) bond motifs is 1. The minimum atomic E-state index is -3.92. The molecule has 1 aliphatic rings. The lowest BCUT2D eigenvalue weighted by atomic mass is 10.0. The molecule has 0 radical (unpaired) electrons. The van der Waals surface area contributed by atoms with Crippen LogP contribution in [0.15, 0.2) is 72.8 Å². The molecular weight excluding hydrogens is 590 g/mol. The highest BCUT2D eigenvalue weighted by Gasteiger charge is 2.35. The smallest absolute Gasteiger partial charge is 0.244 e. The second-order valence-electron chi connectivity index (χ2n) is 11.3. The first-order valence-electron chi connectivity index (χ1n) is 14.2. The number of ether oxygens (including phenoxy) is 2. The van der Waals surface area contributed by atoms with Crippen LogP contribution in [0.25, 0.3) is 0 Å². The van der Waals surface area contributed by atoms with Crippen molar-refractivity contribution < 1.29 is 27.5 Å². The summed E-state index contributed by atoms with van der Waals surface area (Å²) in [6, 6.07) is 20.3. The highest BCUT2D eigenvalue weighted by molar-refractivity contribution is 7.92. The third-order valence-electron chi connectivity index (χ3n) is 6.86. The maximum Gasteiger partial charge on any atom is 0.244 e. The van der Waals surface area contributed by atoms with E-state index in [0.717, 1.165) is 9.87 Å². The lowest BCUT2D eigenvalue weighted by Crippen LogP contribution is -2.56. The van der Waals surface area contributed by atoms with Gasteiger partial charge in [-0.2, -0.15) is 0 Å². The van der Waals surface area contributed by atoms with E-state index in [1.54, 1.807) is 42.5 Å². The molecule has 11 heteroatoms. The van der Waals surface area contributed by atoms with Gasteiger partial charge in [-0.05, 0) is 57.0 Å². The van der Waals surface area contributed by atoms with Gasteiger partial charge in [0.15, 0.2) is 11.5 Å². The minimum absolute atomic E-state index is 0.00524. The monoisotopic (exact) mass is 627 g/mol. The Hall–Kier alpha value is -3.76. The molecule has 4 rings (SSSR count). The molecule has 43 heavy (non-hydrogen) atoms. The molecule has 3 aromatic rings. The van der Waals surface area contributed by atoms with Crippen LogP contribution in [0.4, 0.5) is 5.69 Å². The fourth-order valence-electron chi connectivity index (χ4n) is 4.72. The zero-order chi connectivity index (χ0) is 31.2. The number of benzene rings is 3. The third kappa shape index (κ3) is 8.42. The first kappa shape index (κ1) is 32.2. The summed E-state index contributed by atoms with van der Waals surface area (Å²) >= 11 is 6.52. The van der Waals surface area contributed by atoms with Gasteiger partial charge < -0.3 is 19.7 Å². The fraction of sp³-hybridized carbons (Fsp3) is 0.375. The predicted molar refractivity (Wildman–Crippen MR) is 168 cm³/mol. The van der Waals surface area contributed by atoms with Gasteiger partial charge in [0.05, 0.1) is 11.4 Å². The SMILES string of the molecule is CCS(=O)(=O)N(CC(=O)N(Cc1ccccc1Cl)[C@H](Cc1ccccc1)C(=O)NC(C)(C)C)c1ccc2c(c1)OCCO2. The van der Waals surface area contributed by atoms with E-state index in [9.17, 15) is 18.0 Å². The fourth-order valence-corrected chi connectivity index (χ4v) is 5.97. The van der Waals surface area contributed by atoms with Gasteiger partial charge in [-0.3, -0.25) is 13.9 Å². The van der Waals surface area contributed by atoms with Gasteiger partial charge in [-0.1, -0.05) is 60.1 Å². The summed E-state index contributed by atoms with van der Waals surface area (Å²) < 4.78 is 39.1. The number of carbonyl (C=O) groups excluding carboxylic acids is 2. The molecule has 230 valence electrons. The van der Waals surface area contributed by atoms with Gasteiger partial charge >= 0.3 is 0 Å². The first-order chi connectivity index (χ1) is 20.4. The average molecular weight is 628 g/mol. The second kappa shape index (κ2) is 13.7. The van der Waals surface area contributed by atoms with Gasteiger partial charge in [-0.15, -0.1) is 0 Å². The van der Waals surface area contributed by atoms with Crippen LogP contribution in [0.2, 0.25) is 5.02 Å². The van der Waals surface area contributed by atoms with Crippen molar-refractivity contribution in [2.24, 2.45) is 0 Å². The molecule has 9 nitrogen and oxygen atoms in total. The van der Waals surface area contributed by atoms with Crippen molar-refractivity contribution in [1.82, 2.24) is 10.2 Å². The highest BCUT2D eigenvalue weighted by atomic mass is 35.5. The summed E-state index contributed by atoms with van der Waals surface area (Å²) in [7, 11) is -3.92. The first-order valence-corrected chi connectivity index (χ1v) is 16.2. The number of anilines is 1. The molecule has 0 spiro atoms. The number of nitrogens with zero attached hydrogens (tertiary/aromatic N) is 2. The van der Waals surface area contributed by atoms with Crippen molar-refractivity contribution in [2.45, 2.75) is 52.2 Å². The molecular formula is C32H38ClN3O6S. The second-order valence-corrected chi connectivity index (χ2v) is 13.9. The standard InChI is InChI=1S/C32H38ClN3O6S/c1-5-43(39,40)36(25-15-16-28-29(20-25)42-18-17-41-28)22-30(37)35(21-24-13-9-10-14-26(24)33)27(31(38)34-32(2,3)4)19-23-11-7-6-8-12-23/h6-16,20,27H,5,17-19,21-22H2,1-4H3,(H,34,38)/t27-/m1/s1. The quantitative estimate of drug-likeness (QED) is 0.327. The van der Waals surface area contributed by atoms with Gasteiger partial charge in [0, 0.05) is 29.6 Å². The van der Waals surface area contributed by atoms with Crippen molar-refractivity contribution >= 4 is 39.1 Å². The topological polar surface area (TPSA) is 105 Å². The van der Waals surface area contributed by atoms with E-state index < -0.39 is 34.1 Å². The number of carbonyl (C=O) groups is 2. The van der Waals surface area contributed by atoms with Crippen LogP contribution in [-0.2, 0) is 32.6 Å². The van der Waals surface area contributed by atoms with Gasteiger partial charge in [-0.25, -0.2) is 8.42 Å². The molecule has 1 atom stereocenters. The number of halogens is 1. The van der Waals surface area contributed by atoms with Crippen LogP contribution in [0.5, 0.6) is 11.5 Å². The number of rotatable bonds is 11. The van der Waals surface area contributed by atoms with Gasteiger partial charge in [0.25, 0.3) is 0 Å². The number of sulfonamides is 1. The van der Waals surface area contributed by atoms with Crippen LogP contribution >= 0.6 is 11.6 Å². The molecule has 1 N–H and O–H groups in total. The van der Waals surface area contributed by atoms with Crippen molar-refractivity contribution in [1.29, 1.82) is 0 Å². The van der Waals surface area contributed by atoms with Crippen molar-refractivity contribution in [2.75, 3.05) is 29.8 Å². The summed E-state index contributed by atoms with van der Waals surface area (Å²) in [5, 5.41) is 3.44. The molecule has 0 saturated carbocycles. The van der Waals surface area contributed by atoms with E-state index in [2.05, 4.69) is 5.32 Å². The Morgan fingerprint density at radius 2 is 1.60 bits per heavy atom. The lowest BCUT2D eigenvalue weighted by Gasteiger charge is -2.35. The summed E-state index contributed by atoms with van der Waals surface area (Å²) in [4.78, 5) is 29.6. The zero-order valence-corrected chi connectivity index (χ0v) is 26.5. The maximum absolute atomic E-state index is 14.3. The van der Waals surface area contributed by atoms with E-state index in [4.69, 9.17) is 21.1 Å². The molecule has 3 aromatic carbocycles. The van der Waals surface area contributed by atoms with E-state index in [0.29, 0.717) is 35.3 Å². The largest absolute Gasteiger partial charge is 0.486 e. The van der Waals surface area contributed by atoms with Crippen LogP contribution < -0.4 is 19.1 Å². The van der Waals surface area contributed by atoms with E-state index in [-0.39, 0.29) is 30.3 Å². The molecule has 1 aliphatic heterocycles. The molecule has 0 fully saturated rings. The summed E-state index contributed by atoms with van der Waals surface area (Å²) in [5.74, 6) is -0.265. The number of hydrogen-bond acceptors (Lipinski definition) is 6. The minimum Gasteiger partial charge on any atom is -0.486 e. The molecule has 0 bridgehead atoms. The molecule has 0 unspecified atom stereocenters. The average Bonchev–Trinajstić information content (AvgIpc) is 2.97. The molecule has 0 aromatic heterocycles. The van der Waals surface area contributed by atoms with E-state index in [1.165, 1.54) is 11.8 Å².